The summed E-state index contributed by atoms with van der Waals surface area (Å²) in [6.45, 7) is 11.8. The zero-order valence-electron chi connectivity index (χ0n) is 28.7. The molecule has 1 atom stereocenters. The van der Waals surface area contributed by atoms with Crippen molar-refractivity contribution in [1.29, 1.82) is 0 Å². The summed E-state index contributed by atoms with van der Waals surface area (Å²) in [6.07, 6.45) is -3.09. The minimum atomic E-state index is -7.22. The second-order valence-corrected chi connectivity index (χ2v) is 12.2. The maximum Gasteiger partial charge on any atom is 0.200 e. The van der Waals surface area contributed by atoms with E-state index in [0.29, 0.717) is 0 Å². The number of rotatable bonds is 10. The number of quaternary nitrogens is 1. The first-order chi connectivity index (χ1) is 26.0. The summed E-state index contributed by atoms with van der Waals surface area (Å²) in [5, 5.41) is 0. The van der Waals surface area contributed by atoms with Gasteiger partial charge in [0.15, 0.2) is 69.8 Å². The Morgan fingerprint density at radius 2 is 0.518 bits per heavy atom. The van der Waals surface area contributed by atoms with Crippen LogP contribution < -0.4 is 26.8 Å². The van der Waals surface area contributed by atoms with Crippen LogP contribution in [0.5, 0.6) is 0 Å². The van der Waals surface area contributed by atoms with Crippen molar-refractivity contribution >= 4 is 28.0 Å². The quantitative estimate of drug-likeness (QED) is 0.0740. The van der Waals surface area contributed by atoms with Crippen molar-refractivity contribution in [2.75, 3.05) is 13.1 Å². The van der Waals surface area contributed by atoms with Gasteiger partial charge in [-0.15, -0.1) is 21.9 Å². The summed E-state index contributed by atoms with van der Waals surface area (Å²) in [5.41, 5.74) is -14.3. The fourth-order valence-electron chi connectivity index (χ4n) is 6.54. The van der Waals surface area contributed by atoms with E-state index in [4.69, 9.17) is 0 Å². The molecule has 1 nitrogen and oxygen atoms in total. The molecule has 56 heavy (non-hydrogen) atoms. The highest BCUT2D eigenvalue weighted by molar-refractivity contribution is 7.20. The molecule has 0 heterocycles. The van der Waals surface area contributed by atoms with Gasteiger partial charge in [0, 0.05) is 0 Å². The molecule has 4 rings (SSSR count). The Hall–Kier alpha value is -4.50. The van der Waals surface area contributed by atoms with Crippen LogP contribution in [0.25, 0.3) is 0 Å². The van der Waals surface area contributed by atoms with E-state index in [-0.39, 0.29) is 0 Å². The first kappa shape index (κ1) is 45.9. The lowest BCUT2D eigenvalue weighted by Gasteiger charge is -2.44. The highest BCUT2D eigenvalue weighted by atomic mass is 19.2. The van der Waals surface area contributed by atoms with Crippen LogP contribution in [0.1, 0.15) is 47.0 Å². The van der Waals surface area contributed by atoms with Gasteiger partial charge >= 0.3 is 0 Å². The molecule has 0 spiro atoms. The molecule has 1 unspecified atom stereocenters. The van der Waals surface area contributed by atoms with E-state index in [0.717, 1.165) is 6.04 Å². The number of unbranched alkanes of at least 4 members (excludes halogenated alkanes) is 1. The summed E-state index contributed by atoms with van der Waals surface area (Å²) in [6, 6.07) is 0.866. The lowest BCUT2D eigenvalue weighted by atomic mass is 9.12. The standard InChI is InChI=1S/C24BF20.C10H23N/c26-5-1(6(27)14(35)21(42)13(5)34)25(2-7(28)15(36)22(43)16(37)8(2)29,3-9(30)17(38)23(44)18(39)10(3)31)4-11(32)19(40)24(45)20(41)12(4)33;1-5-8-9-10(4)11(6-2)7-3/h;10H,5-9H2,1-4H3/q-1;/p+1. The second-order valence-electron chi connectivity index (χ2n) is 12.2. The van der Waals surface area contributed by atoms with Crippen molar-refractivity contribution in [3.8, 4) is 0 Å². The summed E-state index contributed by atoms with van der Waals surface area (Å²) in [4.78, 5) is 1.75. The van der Waals surface area contributed by atoms with Crippen molar-refractivity contribution in [3.05, 3.63) is 116 Å². The molecule has 0 aliphatic carbocycles. The minimum absolute atomic E-state index is 0.866. The molecule has 0 saturated heterocycles. The van der Waals surface area contributed by atoms with E-state index < -0.39 is 144 Å². The van der Waals surface area contributed by atoms with Crippen LogP contribution in [0, 0.1) is 116 Å². The highest BCUT2D eigenvalue weighted by Crippen LogP contribution is 2.30. The molecule has 0 amide bonds. The van der Waals surface area contributed by atoms with Gasteiger partial charge < -0.3 is 4.90 Å². The average Bonchev–Trinajstić information content (AvgIpc) is 3.17. The maximum absolute atomic E-state index is 15.4. The van der Waals surface area contributed by atoms with E-state index in [1.807, 2.05) is 0 Å². The highest BCUT2D eigenvalue weighted by Gasteiger charge is 2.52. The number of halogens is 20. The van der Waals surface area contributed by atoms with Crippen LogP contribution in [0.4, 0.5) is 87.8 Å². The lowest BCUT2D eigenvalue weighted by molar-refractivity contribution is -0.920. The second kappa shape index (κ2) is 17.3. The fraction of sp³-hybridized carbons (Fsp3) is 0.294. The molecule has 4 aromatic rings. The first-order valence-electron chi connectivity index (χ1n) is 16.0. The molecule has 22 heteroatoms. The van der Waals surface area contributed by atoms with Crippen LogP contribution in [0.2, 0.25) is 0 Å². The van der Waals surface area contributed by atoms with Gasteiger partial charge in [-0.05, 0) is 33.6 Å². The Morgan fingerprint density at radius 1 is 0.339 bits per heavy atom. The third-order valence-electron chi connectivity index (χ3n) is 9.30. The van der Waals surface area contributed by atoms with Crippen LogP contribution in [0.15, 0.2) is 0 Å². The largest absolute Gasteiger partial charge is 0.333 e. The Labute approximate surface area is 303 Å². The van der Waals surface area contributed by atoms with Gasteiger partial charge in [0.25, 0.3) is 0 Å². The summed E-state index contributed by atoms with van der Waals surface area (Å²) in [5.74, 6) is -71.4. The maximum atomic E-state index is 15.4. The average molecular weight is 837 g/mol. The normalized spacial score (nSPS) is 12.4. The molecule has 0 saturated carbocycles. The Balaban J connectivity index is 0.000000665. The summed E-state index contributed by atoms with van der Waals surface area (Å²) < 4.78 is 294. The lowest BCUT2D eigenvalue weighted by Crippen LogP contribution is -3.14. The number of benzene rings is 4. The van der Waals surface area contributed by atoms with Crippen molar-refractivity contribution < 1.29 is 92.7 Å². The molecular formula is C34H24BF20N. The molecule has 0 aromatic heterocycles. The van der Waals surface area contributed by atoms with Crippen molar-refractivity contribution in [1.82, 2.24) is 0 Å². The third-order valence-corrected chi connectivity index (χ3v) is 9.30. The fourth-order valence-corrected chi connectivity index (χ4v) is 6.54. The van der Waals surface area contributed by atoms with Gasteiger partial charge in [-0.25, -0.2) is 87.8 Å². The van der Waals surface area contributed by atoms with Crippen LogP contribution in [-0.4, -0.2) is 25.3 Å². The molecule has 308 valence electrons. The third kappa shape index (κ3) is 7.16. The molecule has 0 radical (unpaired) electrons. The van der Waals surface area contributed by atoms with Gasteiger partial charge in [0.05, 0.1) is 19.1 Å². The smallest absolute Gasteiger partial charge is 0.200 e. The Kier molecular flexibility index (Phi) is 14.2. The van der Waals surface area contributed by atoms with E-state index in [1.165, 1.54) is 32.4 Å². The van der Waals surface area contributed by atoms with Crippen molar-refractivity contribution in [3.63, 3.8) is 0 Å². The molecule has 4 aromatic carbocycles. The minimum Gasteiger partial charge on any atom is -0.333 e. The van der Waals surface area contributed by atoms with Crippen molar-refractivity contribution in [2.45, 2.75) is 53.0 Å². The van der Waals surface area contributed by atoms with Gasteiger partial charge in [0.1, 0.15) is 52.7 Å². The van der Waals surface area contributed by atoms with Gasteiger partial charge in [-0.3, -0.25) is 0 Å². The molecular weight excluding hydrogens is 813 g/mol. The van der Waals surface area contributed by atoms with Gasteiger partial charge in [0.2, 0.25) is 0 Å². The van der Waals surface area contributed by atoms with Crippen LogP contribution in [-0.2, 0) is 0 Å². The number of nitrogens with one attached hydrogen (secondary N) is 1. The molecule has 0 aliphatic heterocycles. The van der Waals surface area contributed by atoms with E-state index in [9.17, 15) is 52.7 Å². The monoisotopic (exact) mass is 837 g/mol. The van der Waals surface area contributed by atoms with E-state index in [2.05, 4.69) is 27.7 Å². The van der Waals surface area contributed by atoms with Crippen LogP contribution >= 0.6 is 0 Å². The molecule has 0 bridgehead atoms. The van der Waals surface area contributed by atoms with Crippen molar-refractivity contribution in [2.24, 2.45) is 0 Å². The first-order valence-corrected chi connectivity index (χ1v) is 16.0. The zero-order chi connectivity index (χ0) is 43.0. The molecule has 0 aliphatic rings. The summed E-state index contributed by atoms with van der Waals surface area (Å²) >= 11 is 0. The molecule has 0 fully saturated rings. The Bertz CT molecular complexity index is 1770. The predicted octanol–water partition coefficient (Wildman–Crippen LogP) is 7.34. The number of hydrogen-bond donors (Lipinski definition) is 1. The number of hydrogen-bond acceptors (Lipinski definition) is 0. The van der Waals surface area contributed by atoms with Gasteiger partial charge in [-0.2, -0.15) is 0 Å². The van der Waals surface area contributed by atoms with Gasteiger partial charge in [-0.1, -0.05) is 13.3 Å². The SMILES string of the molecule is CCCCC(C)[NH+](CC)CC.Fc1c(F)c(F)c([B-](c2c(F)c(F)c(F)c(F)c2F)(c2c(F)c(F)c(F)c(F)c2F)c2c(F)c(F)c(F)c(F)c2F)c(F)c1F. The Morgan fingerprint density at radius 3 is 0.679 bits per heavy atom. The van der Waals surface area contributed by atoms with Crippen LogP contribution in [0.3, 0.4) is 0 Å². The predicted molar refractivity (Wildman–Crippen MR) is 160 cm³/mol. The van der Waals surface area contributed by atoms with E-state index in [1.54, 1.807) is 4.90 Å². The topological polar surface area (TPSA) is 4.44 Å². The summed E-state index contributed by atoms with van der Waals surface area (Å²) in [7, 11) is 0. The molecule has 1 N–H and O–H groups in total. The zero-order valence-corrected chi connectivity index (χ0v) is 28.7. The van der Waals surface area contributed by atoms with E-state index >= 15 is 35.1 Å².